The molecular weight excluding hydrogens is 174 g/mol. The molecule has 0 bridgehead atoms. The molecule has 2 heteroatoms. The van der Waals surface area contributed by atoms with Crippen molar-refractivity contribution < 1.29 is 5.11 Å². The third-order valence-electron chi connectivity index (χ3n) is 3.56. The van der Waals surface area contributed by atoms with E-state index < -0.39 is 0 Å². The van der Waals surface area contributed by atoms with E-state index in [1.54, 1.807) is 0 Å². The van der Waals surface area contributed by atoms with Gasteiger partial charge in [-0.15, -0.1) is 0 Å². The molecule has 3 unspecified atom stereocenters. The van der Waals surface area contributed by atoms with Crippen LogP contribution in [0.2, 0.25) is 0 Å². The third kappa shape index (κ3) is 2.71. The van der Waals surface area contributed by atoms with Crippen molar-refractivity contribution in [2.75, 3.05) is 14.1 Å². The normalized spacial score (nSPS) is 34.9. The number of rotatable bonds is 1. The van der Waals surface area contributed by atoms with Crippen molar-refractivity contribution in [1.82, 2.24) is 4.90 Å². The topological polar surface area (TPSA) is 23.5 Å². The molecule has 0 saturated heterocycles. The maximum atomic E-state index is 9.69. The van der Waals surface area contributed by atoms with Crippen molar-refractivity contribution in [3.05, 3.63) is 0 Å². The minimum absolute atomic E-state index is 0.0824. The van der Waals surface area contributed by atoms with Gasteiger partial charge in [0, 0.05) is 6.04 Å². The van der Waals surface area contributed by atoms with Crippen LogP contribution in [-0.2, 0) is 0 Å². The Balaban J connectivity index is 2.73. The molecular formula is C12H25NO. The Labute approximate surface area is 88.3 Å². The molecule has 2 nitrogen and oxygen atoms in total. The predicted molar refractivity (Wildman–Crippen MR) is 60.3 cm³/mol. The van der Waals surface area contributed by atoms with Gasteiger partial charge in [-0.25, -0.2) is 0 Å². The summed E-state index contributed by atoms with van der Waals surface area (Å²) < 4.78 is 0. The van der Waals surface area contributed by atoms with E-state index in [-0.39, 0.29) is 6.10 Å². The molecule has 0 spiro atoms. The van der Waals surface area contributed by atoms with Crippen LogP contribution < -0.4 is 0 Å². The number of hydrogen-bond donors (Lipinski definition) is 1. The molecule has 0 aromatic carbocycles. The Bertz CT molecular complexity index is 183. The molecule has 1 aliphatic rings. The molecule has 0 amide bonds. The molecule has 0 heterocycles. The highest BCUT2D eigenvalue weighted by atomic mass is 16.3. The van der Waals surface area contributed by atoms with E-state index in [9.17, 15) is 5.11 Å². The highest BCUT2D eigenvalue weighted by molar-refractivity contribution is 4.90. The van der Waals surface area contributed by atoms with Crippen LogP contribution in [0.5, 0.6) is 0 Å². The molecule has 3 atom stereocenters. The SMILES string of the molecule is CN(C)C1CC(O)CCC1C(C)(C)C. The van der Waals surface area contributed by atoms with Gasteiger partial charge >= 0.3 is 0 Å². The lowest BCUT2D eigenvalue weighted by atomic mass is 9.68. The monoisotopic (exact) mass is 199 g/mol. The van der Waals surface area contributed by atoms with Gasteiger partial charge in [0.1, 0.15) is 0 Å². The second-order valence-corrected chi connectivity index (χ2v) is 5.97. The highest BCUT2D eigenvalue weighted by Crippen LogP contribution is 2.39. The lowest BCUT2D eigenvalue weighted by Gasteiger charge is -2.45. The van der Waals surface area contributed by atoms with E-state index in [1.807, 2.05) is 0 Å². The first-order valence-electron chi connectivity index (χ1n) is 5.67. The fourth-order valence-corrected chi connectivity index (χ4v) is 2.71. The van der Waals surface area contributed by atoms with Crippen molar-refractivity contribution in [3.63, 3.8) is 0 Å². The van der Waals surface area contributed by atoms with Crippen molar-refractivity contribution >= 4 is 0 Å². The first kappa shape index (κ1) is 12.0. The zero-order valence-electron chi connectivity index (χ0n) is 10.2. The van der Waals surface area contributed by atoms with Crippen LogP contribution in [0.3, 0.4) is 0 Å². The maximum absolute atomic E-state index is 9.69. The molecule has 0 aliphatic heterocycles. The van der Waals surface area contributed by atoms with Crippen LogP contribution in [0.25, 0.3) is 0 Å². The van der Waals surface area contributed by atoms with Crippen LogP contribution in [0.1, 0.15) is 40.0 Å². The Morgan fingerprint density at radius 2 is 1.71 bits per heavy atom. The fourth-order valence-electron chi connectivity index (χ4n) is 2.71. The highest BCUT2D eigenvalue weighted by Gasteiger charge is 2.37. The lowest BCUT2D eigenvalue weighted by molar-refractivity contribution is 0.00638. The standard InChI is InChI=1S/C12H25NO/c1-12(2,3)10-7-6-9(14)8-11(10)13(4)5/h9-11,14H,6-8H2,1-5H3. The number of hydrogen-bond acceptors (Lipinski definition) is 2. The molecule has 0 aromatic heterocycles. The maximum Gasteiger partial charge on any atom is 0.0555 e. The summed E-state index contributed by atoms with van der Waals surface area (Å²) in [5.41, 5.74) is 0.356. The molecule has 1 fully saturated rings. The minimum Gasteiger partial charge on any atom is -0.393 e. The van der Waals surface area contributed by atoms with E-state index in [0.717, 1.165) is 19.3 Å². The van der Waals surface area contributed by atoms with E-state index in [4.69, 9.17) is 0 Å². The number of nitrogens with zero attached hydrogens (tertiary/aromatic N) is 1. The Kier molecular flexibility index (Phi) is 3.59. The summed E-state index contributed by atoms with van der Waals surface area (Å²) in [7, 11) is 4.25. The summed E-state index contributed by atoms with van der Waals surface area (Å²) in [6.45, 7) is 6.93. The predicted octanol–water partition coefficient (Wildman–Crippen LogP) is 2.12. The first-order valence-corrected chi connectivity index (χ1v) is 5.67. The van der Waals surface area contributed by atoms with Crippen LogP contribution in [0.15, 0.2) is 0 Å². The molecule has 1 N–H and O–H groups in total. The average Bonchev–Trinajstić information content (AvgIpc) is 2.01. The summed E-state index contributed by atoms with van der Waals surface area (Å²) in [6, 6.07) is 0.541. The largest absolute Gasteiger partial charge is 0.393 e. The van der Waals surface area contributed by atoms with Gasteiger partial charge in [-0.3, -0.25) is 0 Å². The minimum atomic E-state index is -0.0824. The van der Waals surface area contributed by atoms with Crippen molar-refractivity contribution in [2.45, 2.75) is 52.2 Å². The van der Waals surface area contributed by atoms with Crippen LogP contribution in [0.4, 0.5) is 0 Å². The Morgan fingerprint density at radius 3 is 2.14 bits per heavy atom. The fraction of sp³-hybridized carbons (Fsp3) is 1.00. The number of aliphatic hydroxyl groups is 1. The van der Waals surface area contributed by atoms with Gasteiger partial charge in [-0.1, -0.05) is 20.8 Å². The van der Waals surface area contributed by atoms with Gasteiger partial charge in [0.15, 0.2) is 0 Å². The lowest BCUT2D eigenvalue weighted by Crippen LogP contribution is -2.46. The molecule has 84 valence electrons. The molecule has 0 radical (unpaired) electrons. The van der Waals surface area contributed by atoms with E-state index in [0.29, 0.717) is 17.4 Å². The summed E-state index contributed by atoms with van der Waals surface area (Å²) in [6.07, 6.45) is 3.00. The van der Waals surface area contributed by atoms with Gasteiger partial charge in [-0.05, 0) is 44.7 Å². The molecule has 1 aliphatic carbocycles. The van der Waals surface area contributed by atoms with E-state index in [1.165, 1.54) is 0 Å². The molecule has 14 heavy (non-hydrogen) atoms. The van der Waals surface area contributed by atoms with Gasteiger partial charge < -0.3 is 10.0 Å². The second kappa shape index (κ2) is 4.19. The Morgan fingerprint density at radius 1 is 1.14 bits per heavy atom. The first-order chi connectivity index (χ1) is 6.32. The smallest absolute Gasteiger partial charge is 0.0555 e. The molecule has 0 aromatic rings. The van der Waals surface area contributed by atoms with Gasteiger partial charge in [-0.2, -0.15) is 0 Å². The van der Waals surface area contributed by atoms with E-state index in [2.05, 4.69) is 39.8 Å². The zero-order chi connectivity index (χ0) is 10.9. The third-order valence-corrected chi connectivity index (χ3v) is 3.56. The van der Waals surface area contributed by atoms with Crippen LogP contribution in [-0.4, -0.2) is 36.2 Å². The van der Waals surface area contributed by atoms with Crippen molar-refractivity contribution in [1.29, 1.82) is 0 Å². The average molecular weight is 199 g/mol. The Hall–Kier alpha value is -0.0800. The molecule has 1 rings (SSSR count). The van der Waals surface area contributed by atoms with Gasteiger partial charge in [0.05, 0.1) is 6.10 Å². The summed E-state index contributed by atoms with van der Waals surface area (Å²) in [5, 5.41) is 9.69. The van der Waals surface area contributed by atoms with E-state index >= 15 is 0 Å². The van der Waals surface area contributed by atoms with Crippen LogP contribution in [0, 0.1) is 11.3 Å². The summed E-state index contributed by atoms with van der Waals surface area (Å²) in [5.74, 6) is 0.709. The summed E-state index contributed by atoms with van der Waals surface area (Å²) >= 11 is 0. The van der Waals surface area contributed by atoms with Crippen LogP contribution >= 0.6 is 0 Å². The summed E-state index contributed by atoms with van der Waals surface area (Å²) in [4.78, 5) is 2.28. The van der Waals surface area contributed by atoms with Crippen molar-refractivity contribution in [3.8, 4) is 0 Å². The second-order valence-electron chi connectivity index (χ2n) is 5.97. The van der Waals surface area contributed by atoms with Crippen molar-refractivity contribution in [2.24, 2.45) is 11.3 Å². The number of aliphatic hydroxyl groups excluding tert-OH is 1. The zero-order valence-corrected chi connectivity index (χ0v) is 10.2. The van der Waals surface area contributed by atoms with Gasteiger partial charge in [0.2, 0.25) is 0 Å². The quantitative estimate of drug-likeness (QED) is 0.699. The molecule has 1 saturated carbocycles. The van der Waals surface area contributed by atoms with Gasteiger partial charge in [0.25, 0.3) is 0 Å².